The number of carbonyl (C=O) groups excluding carboxylic acids is 1. The van der Waals surface area contributed by atoms with Crippen molar-refractivity contribution in [2.45, 2.75) is 26.0 Å². The maximum Gasteiger partial charge on any atom is 0.336 e. The highest BCUT2D eigenvalue weighted by molar-refractivity contribution is 5.74. The topological polar surface area (TPSA) is 56.6 Å². The molecule has 0 aliphatic carbocycles. The molecule has 1 atom stereocenters. The Morgan fingerprint density at radius 2 is 2.42 bits per heavy atom. The van der Waals surface area contributed by atoms with E-state index in [1.54, 1.807) is 0 Å². The molecule has 0 aromatic carbocycles. The Kier molecular flexibility index (Phi) is 4.55. The summed E-state index contributed by atoms with van der Waals surface area (Å²) in [5, 5.41) is 4.43. The summed E-state index contributed by atoms with van der Waals surface area (Å²) in [4.78, 5) is 13.7. The van der Waals surface area contributed by atoms with E-state index in [2.05, 4.69) is 23.0 Å². The molecule has 1 aliphatic rings. The summed E-state index contributed by atoms with van der Waals surface area (Å²) in [7, 11) is 3.34. The highest BCUT2D eigenvalue weighted by Gasteiger charge is 2.27. The van der Waals surface area contributed by atoms with Crippen molar-refractivity contribution in [3.63, 3.8) is 0 Å². The molecule has 106 valence electrons. The van der Waals surface area contributed by atoms with Crippen molar-refractivity contribution in [3.05, 3.63) is 17.5 Å². The Labute approximate surface area is 113 Å². The van der Waals surface area contributed by atoms with Crippen LogP contribution in [-0.2, 0) is 34.3 Å². The van der Waals surface area contributed by atoms with E-state index in [0.29, 0.717) is 13.2 Å². The highest BCUT2D eigenvalue weighted by atomic mass is 16.6. The molecule has 0 spiro atoms. The molecule has 0 amide bonds. The first-order valence-corrected chi connectivity index (χ1v) is 6.57. The second-order valence-electron chi connectivity index (χ2n) is 4.72. The molecule has 1 aliphatic heterocycles. The largest absolute Gasteiger partial charge is 0.467 e. The van der Waals surface area contributed by atoms with Gasteiger partial charge in [0, 0.05) is 26.7 Å². The molecular formula is C13H21N3O3. The first kappa shape index (κ1) is 14.0. The van der Waals surface area contributed by atoms with Gasteiger partial charge in [0.1, 0.15) is 0 Å². The van der Waals surface area contributed by atoms with Crippen LogP contribution in [-0.4, -0.2) is 53.6 Å². The average molecular weight is 267 g/mol. The summed E-state index contributed by atoms with van der Waals surface area (Å²) in [5.41, 5.74) is 2.25. The molecule has 1 fully saturated rings. The van der Waals surface area contributed by atoms with Gasteiger partial charge in [-0.05, 0) is 12.5 Å². The molecule has 1 aromatic rings. The standard InChI is InChI=1S/C13H21N3O3/c1-4-10-7-11(15(2)14-10)8-16-5-6-19-12(9-16)13(17)18-3/h7,12H,4-6,8-9H2,1-3H3. The van der Waals surface area contributed by atoms with E-state index < -0.39 is 6.10 Å². The van der Waals surface area contributed by atoms with Gasteiger partial charge in [-0.1, -0.05) is 6.92 Å². The van der Waals surface area contributed by atoms with Crippen molar-refractivity contribution in [2.75, 3.05) is 26.8 Å². The number of methoxy groups -OCH3 is 1. The number of rotatable bonds is 4. The summed E-state index contributed by atoms with van der Waals surface area (Å²) in [6.45, 7) is 4.81. The van der Waals surface area contributed by atoms with E-state index >= 15 is 0 Å². The van der Waals surface area contributed by atoms with Crippen LogP contribution in [0.5, 0.6) is 0 Å². The maximum absolute atomic E-state index is 11.5. The van der Waals surface area contributed by atoms with E-state index in [9.17, 15) is 4.79 Å². The van der Waals surface area contributed by atoms with E-state index in [0.717, 1.165) is 30.9 Å². The molecule has 6 heteroatoms. The quantitative estimate of drug-likeness (QED) is 0.737. The lowest BCUT2D eigenvalue weighted by molar-refractivity contribution is -0.160. The van der Waals surface area contributed by atoms with Gasteiger partial charge in [-0.3, -0.25) is 9.58 Å². The predicted octanol–water partition coefficient (Wildman–Crippen LogP) is 0.356. The van der Waals surface area contributed by atoms with E-state index in [1.807, 2.05) is 11.7 Å². The van der Waals surface area contributed by atoms with E-state index in [4.69, 9.17) is 9.47 Å². The van der Waals surface area contributed by atoms with Crippen molar-refractivity contribution in [1.29, 1.82) is 0 Å². The molecule has 6 nitrogen and oxygen atoms in total. The first-order chi connectivity index (χ1) is 9.13. The number of morpholine rings is 1. The third-order valence-corrected chi connectivity index (χ3v) is 3.39. The Morgan fingerprint density at radius 3 is 3.05 bits per heavy atom. The number of nitrogens with zero attached hydrogens (tertiary/aromatic N) is 3. The van der Waals surface area contributed by atoms with Crippen LogP contribution in [0.15, 0.2) is 6.07 Å². The third kappa shape index (κ3) is 3.33. The van der Waals surface area contributed by atoms with E-state index in [1.165, 1.54) is 7.11 Å². The van der Waals surface area contributed by atoms with Crippen LogP contribution in [0.2, 0.25) is 0 Å². The monoisotopic (exact) mass is 267 g/mol. The second kappa shape index (κ2) is 6.16. The van der Waals surface area contributed by atoms with Gasteiger partial charge in [0.2, 0.25) is 0 Å². The Hall–Kier alpha value is -1.40. The number of aryl methyl sites for hydroxylation is 2. The number of carbonyl (C=O) groups is 1. The van der Waals surface area contributed by atoms with E-state index in [-0.39, 0.29) is 5.97 Å². The lowest BCUT2D eigenvalue weighted by Crippen LogP contribution is -2.46. The van der Waals surface area contributed by atoms with Crippen LogP contribution >= 0.6 is 0 Å². The smallest absolute Gasteiger partial charge is 0.336 e. The summed E-state index contributed by atoms with van der Waals surface area (Å²) >= 11 is 0. The second-order valence-corrected chi connectivity index (χ2v) is 4.72. The highest BCUT2D eigenvalue weighted by Crippen LogP contribution is 2.12. The van der Waals surface area contributed by atoms with Gasteiger partial charge >= 0.3 is 5.97 Å². The molecule has 0 bridgehead atoms. The lowest BCUT2D eigenvalue weighted by atomic mass is 10.2. The zero-order valence-corrected chi connectivity index (χ0v) is 11.8. The van der Waals surface area contributed by atoms with Crippen molar-refractivity contribution < 1.29 is 14.3 Å². The Morgan fingerprint density at radius 1 is 1.63 bits per heavy atom. The van der Waals surface area contributed by atoms with Crippen molar-refractivity contribution in [1.82, 2.24) is 14.7 Å². The molecule has 0 saturated carbocycles. The number of hydrogen-bond donors (Lipinski definition) is 0. The molecular weight excluding hydrogens is 246 g/mol. The minimum Gasteiger partial charge on any atom is -0.467 e. The average Bonchev–Trinajstić information content (AvgIpc) is 2.79. The number of hydrogen-bond acceptors (Lipinski definition) is 5. The van der Waals surface area contributed by atoms with Gasteiger partial charge in [0.25, 0.3) is 0 Å². The summed E-state index contributed by atoms with van der Waals surface area (Å²) in [6.07, 6.45) is 0.458. The Bertz CT molecular complexity index is 444. The zero-order valence-electron chi connectivity index (χ0n) is 11.8. The summed E-state index contributed by atoms with van der Waals surface area (Å²) in [5.74, 6) is -0.302. The van der Waals surface area contributed by atoms with Crippen LogP contribution in [0, 0.1) is 0 Å². The number of aromatic nitrogens is 2. The minimum absolute atomic E-state index is 0.302. The molecule has 0 N–H and O–H groups in total. The predicted molar refractivity (Wildman–Crippen MR) is 69.6 cm³/mol. The zero-order chi connectivity index (χ0) is 13.8. The number of esters is 1. The van der Waals surface area contributed by atoms with Crippen molar-refractivity contribution >= 4 is 5.97 Å². The molecule has 0 radical (unpaired) electrons. The van der Waals surface area contributed by atoms with Crippen molar-refractivity contribution in [2.24, 2.45) is 7.05 Å². The van der Waals surface area contributed by atoms with Crippen molar-refractivity contribution in [3.8, 4) is 0 Å². The lowest BCUT2D eigenvalue weighted by Gasteiger charge is -2.31. The fourth-order valence-corrected chi connectivity index (χ4v) is 2.24. The van der Waals surface area contributed by atoms with Gasteiger partial charge < -0.3 is 9.47 Å². The molecule has 1 saturated heterocycles. The van der Waals surface area contributed by atoms with Gasteiger partial charge in [-0.15, -0.1) is 0 Å². The van der Waals surface area contributed by atoms with Gasteiger partial charge in [-0.25, -0.2) is 4.79 Å². The molecule has 2 rings (SSSR count). The molecule has 2 heterocycles. The summed E-state index contributed by atoms with van der Waals surface area (Å²) < 4.78 is 12.0. The SMILES string of the molecule is CCc1cc(CN2CCOC(C(=O)OC)C2)n(C)n1. The maximum atomic E-state index is 11.5. The van der Waals surface area contributed by atoms with Crippen LogP contribution in [0.3, 0.4) is 0 Å². The number of ether oxygens (including phenoxy) is 2. The van der Waals surface area contributed by atoms with Gasteiger partial charge in [0.15, 0.2) is 6.10 Å². The third-order valence-electron chi connectivity index (χ3n) is 3.39. The fourth-order valence-electron chi connectivity index (χ4n) is 2.24. The first-order valence-electron chi connectivity index (χ1n) is 6.57. The van der Waals surface area contributed by atoms with Crippen LogP contribution < -0.4 is 0 Å². The van der Waals surface area contributed by atoms with Gasteiger partial charge in [0.05, 0.1) is 25.1 Å². The van der Waals surface area contributed by atoms with Crippen LogP contribution in [0.4, 0.5) is 0 Å². The van der Waals surface area contributed by atoms with Gasteiger partial charge in [-0.2, -0.15) is 5.10 Å². The molecule has 19 heavy (non-hydrogen) atoms. The van der Waals surface area contributed by atoms with Crippen LogP contribution in [0.1, 0.15) is 18.3 Å². The summed E-state index contributed by atoms with van der Waals surface area (Å²) in [6, 6.07) is 2.11. The minimum atomic E-state index is -0.474. The fraction of sp³-hybridized carbons (Fsp3) is 0.692. The molecule has 1 unspecified atom stereocenters. The Balaban J connectivity index is 1.98. The normalized spacial score (nSPS) is 20.5. The molecule has 1 aromatic heterocycles. The van der Waals surface area contributed by atoms with Crippen LogP contribution in [0.25, 0.3) is 0 Å².